The maximum Gasteiger partial charge on any atom is 0.250 e. The van der Waals surface area contributed by atoms with Gasteiger partial charge in [-0.2, -0.15) is 0 Å². The van der Waals surface area contributed by atoms with Crippen LogP contribution in [0.3, 0.4) is 0 Å². The van der Waals surface area contributed by atoms with Crippen molar-refractivity contribution in [2.24, 2.45) is 0 Å². The van der Waals surface area contributed by atoms with Crippen LogP contribution in [0.15, 0.2) is 54.3 Å². The Morgan fingerprint density at radius 1 is 1.15 bits per heavy atom. The van der Waals surface area contributed by atoms with Gasteiger partial charge in [0.2, 0.25) is 8.32 Å². The molecule has 2 heteroatoms. The van der Waals surface area contributed by atoms with Gasteiger partial charge in [-0.05, 0) is 49.2 Å². The van der Waals surface area contributed by atoms with Crippen molar-refractivity contribution in [2.45, 2.75) is 52.2 Å². The van der Waals surface area contributed by atoms with E-state index in [-0.39, 0.29) is 5.04 Å². The summed E-state index contributed by atoms with van der Waals surface area (Å²) in [6.07, 6.45) is 7.22. The van der Waals surface area contributed by atoms with Crippen molar-refractivity contribution in [3.05, 3.63) is 59.9 Å². The van der Waals surface area contributed by atoms with Crippen molar-refractivity contribution in [3.8, 4) is 0 Å². The molecule has 0 aliphatic heterocycles. The molecule has 1 aromatic rings. The Bertz CT molecular complexity index is 464. The van der Waals surface area contributed by atoms with Crippen LogP contribution in [0.4, 0.5) is 0 Å². The van der Waals surface area contributed by atoms with Crippen LogP contribution in [0.2, 0.25) is 18.1 Å². The highest BCUT2D eigenvalue weighted by Gasteiger charge is 2.39. The number of allylic oxidation sites excluding steroid dienone is 3. The Morgan fingerprint density at radius 3 is 2.25 bits per heavy atom. The lowest BCUT2D eigenvalue weighted by atomic mass is 10.1. The van der Waals surface area contributed by atoms with E-state index in [4.69, 9.17) is 4.43 Å². The summed E-state index contributed by atoms with van der Waals surface area (Å²) in [5.74, 6) is 1.00. The molecule has 1 nitrogen and oxygen atoms in total. The lowest BCUT2D eigenvalue weighted by Crippen LogP contribution is -2.40. The van der Waals surface area contributed by atoms with Crippen molar-refractivity contribution in [2.75, 3.05) is 0 Å². The molecule has 0 saturated heterocycles. The maximum atomic E-state index is 6.38. The minimum atomic E-state index is -1.76. The Labute approximate surface area is 125 Å². The van der Waals surface area contributed by atoms with Crippen molar-refractivity contribution >= 4 is 8.32 Å². The molecule has 0 aliphatic rings. The number of hydrogen-bond acceptors (Lipinski definition) is 1. The van der Waals surface area contributed by atoms with E-state index < -0.39 is 8.32 Å². The first-order valence-electron chi connectivity index (χ1n) is 7.32. The molecular formula is C18H28OSi. The number of rotatable bonds is 5. The molecule has 0 saturated carbocycles. The van der Waals surface area contributed by atoms with Crippen LogP contribution < -0.4 is 0 Å². The highest BCUT2D eigenvalue weighted by Crippen LogP contribution is 2.38. The van der Waals surface area contributed by atoms with E-state index in [0.717, 1.165) is 12.2 Å². The van der Waals surface area contributed by atoms with Crippen molar-refractivity contribution in [3.63, 3.8) is 0 Å². The van der Waals surface area contributed by atoms with Gasteiger partial charge in [0.1, 0.15) is 0 Å². The van der Waals surface area contributed by atoms with Crippen molar-refractivity contribution in [1.82, 2.24) is 0 Å². The van der Waals surface area contributed by atoms with Gasteiger partial charge in [-0.15, -0.1) is 0 Å². The summed E-state index contributed by atoms with van der Waals surface area (Å²) < 4.78 is 6.38. The summed E-state index contributed by atoms with van der Waals surface area (Å²) in [6.45, 7) is 13.4. The van der Waals surface area contributed by atoms with E-state index in [1.54, 1.807) is 0 Å². The third-order valence-electron chi connectivity index (χ3n) is 3.89. The molecule has 0 radical (unpaired) electrons. The number of hydrogen-bond donors (Lipinski definition) is 0. The molecule has 0 amide bonds. The van der Waals surface area contributed by atoms with E-state index in [2.05, 4.69) is 70.3 Å². The molecule has 0 bridgehead atoms. The van der Waals surface area contributed by atoms with Gasteiger partial charge >= 0.3 is 0 Å². The summed E-state index contributed by atoms with van der Waals surface area (Å²) in [6, 6.07) is 10.5. The van der Waals surface area contributed by atoms with E-state index in [0.29, 0.717) is 0 Å². The van der Waals surface area contributed by atoms with E-state index >= 15 is 0 Å². The molecule has 0 unspecified atom stereocenters. The predicted molar refractivity (Wildman–Crippen MR) is 91.3 cm³/mol. The van der Waals surface area contributed by atoms with Gasteiger partial charge in [0.05, 0.1) is 5.76 Å². The molecule has 1 aromatic carbocycles. The molecule has 0 atom stereocenters. The molecule has 1 rings (SSSR count). The molecule has 110 valence electrons. The summed E-state index contributed by atoms with van der Waals surface area (Å²) in [7, 11) is -1.76. The zero-order valence-electron chi connectivity index (χ0n) is 13.7. The second-order valence-corrected chi connectivity index (χ2v) is 11.4. The first kappa shape index (κ1) is 16.8. The highest BCUT2D eigenvalue weighted by molar-refractivity contribution is 6.74. The van der Waals surface area contributed by atoms with E-state index in [1.807, 2.05) is 19.1 Å². The minimum Gasteiger partial charge on any atom is -0.544 e. The second kappa shape index (κ2) is 6.94. The van der Waals surface area contributed by atoms with Crippen LogP contribution in [0, 0.1) is 0 Å². The Kier molecular flexibility index (Phi) is 5.82. The average molecular weight is 289 g/mol. The Hall–Kier alpha value is -1.28. The zero-order chi connectivity index (χ0) is 15.2. The second-order valence-electron chi connectivity index (χ2n) is 6.66. The van der Waals surface area contributed by atoms with Crippen LogP contribution in [0.5, 0.6) is 0 Å². The molecule has 0 N–H and O–H groups in total. The lowest BCUT2D eigenvalue weighted by Gasteiger charge is -2.36. The fourth-order valence-corrected chi connectivity index (χ4v) is 2.64. The quantitative estimate of drug-likeness (QED) is 0.383. The first-order chi connectivity index (χ1) is 9.26. The smallest absolute Gasteiger partial charge is 0.250 e. The van der Waals surface area contributed by atoms with E-state index in [1.165, 1.54) is 5.56 Å². The topological polar surface area (TPSA) is 9.23 Å². The molecule has 0 aromatic heterocycles. The molecule has 0 fully saturated rings. The van der Waals surface area contributed by atoms with Gasteiger partial charge in [-0.25, -0.2) is 0 Å². The van der Waals surface area contributed by atoms with Crippen LogP contribution >= 0.6 is 0 Å². The number of benzene rings is 1. The van der Waals surface area contributed by atoms with Crippen LogP contribution in [-0.2, 0) is 10.8 Å². The van der Waals surface area contributed by atoms with Crippen molar-refractivity contribution in [1.29, 1.82) is 0 Å². The lowest BCUT2D eigenvalue weighted by molar-refractivity contribution is 0.398. The summed E-state index contributed by atoms with van der Waals surface area (Å²) >= 11 is 0. The molecule has 0 aliphatic carbocycles. The standard InChI is InChI=1S/C18H28OSi/c1-7-11-17(19-20(5,6)18(2,3)4)15-14-16-12-9-8-10-13-16/h7-13,15H,14H2,1-6H3/b11-7+,17-15-. The largest absolute Gasteiger partial charge is 0.544 e. The fraction of sp³-hybridized carbons (Fsp3) is 0.444. The average Bonchev–Trinajstić information content (AvgIpc) is 2.36. The zero-order valence-corrected chi connectivity index (χ0v) is 14.7. The van der Waals surface area contributed by atoms with Gasteiger partial charge in [0.25, 0.3) is 0 Å². The Morgan fingerprint density at radius 2 is 1.75 bits per heavy atom. The van der Waals surface area contributed by atoms with Gasteiger partial charge < -0.3 is 4.43 Å². The molecular weight excluding hydrogens is 260 g/mol. The van der Waals surface area contributed by atoms with Crippen LogP contribution in [0.25, 0.3) is 0 Å². The van der Waals surface area contributed by atoms with Gasteiger partial charge in [-0.3, -0.25) is 0 Å². The SMILES string of the molecule is C/C=C/C(=C/Cc1ccccc1)O[Si](C)(C)C(C)(C)C. The van der Waals surface area contributed by atoms with Gasteiger partial charge in [-0.1, -0.05) is 57.2 Å². The van der Waals surface area contributed by atoms with Gasteiger partial charge in [0, 0.05) is 0 Å². The minimum absolute atomic E-state index is 0.223. The normalized spacial score (nSPS) is 13.8. The molecule has 0 heterocycles. The summed E-state index contributed by atoms with van der Waals surface area (Å²) in [4.78, 5) is 0. The third-order valence-corrected chi connectivity index (χ3v) is 8.25. The van der Waals surface area contributed by atoms with Crippen LogP contribution in [-0.4, -0.2) is 8.32 Å². The fourth-order valence-electron chi connectivity index (χ4n) is 1.59. The predicted octanol–water partition coefficient (Wildman–Crippen LogP) is 5.71. The van der Waals surface area contributed by atoms with Crippen LogP contribution in [0.1, 0.15) is 33.3 Å². The monoisotopic (exact) mass is 288 g/mol. The summed E-state index contributed by atoms with van der Waals surface area (Å²) in [5.41, 5.74) is 1.31. The third kappa shape index (κ3) is 5.01. The van der Waals surface area contributed by atoms with Crippen molar-refractivity contribution < 1.29 is 4.43 Å². The highest BCUT2D eigenvalue weighted by atomic mass is 28.4. The van der Waals surface area contributed by atoms with E-state index in [9.17, 15) is 0 Å². The van der Waals surface area contributed by atoms with Gasteiger partial charge in [0.15, 0.2) is 0 Å². The first-order valence-corrected chi connectivity index (χ1v) is 10.2. The summed E-state index contributed by atoms with van der Waals surface area (Å²) in [5, 5.41) is 0.223. The maximum absolute atomic E-state index is 6.38. The molecule has 0 spiro atoms. The molecule has 20 heavy (non-hydrogen) atoms. The Balaban J connectivity index is 2.85.